The maximum absolute atomic E-state index is 12.6. The number of carbonyl (C=O) groups is 1. The van der Waals surface area contributed by atoms with Crippen LogP contribution in [0.4, 0.5) is 5.69 Å². The number of likely N-dealkylation sites (tertiary alicyclic amines) is 1. The molecule has 0 aliphatic carbocycles. The Labute approximate surface area is 133 Å². The summed E-state index contributed by atoms with van der Waals surface area (Å²) in [7, 11) is -1.49. The molecular formula is C15H21ClN2O2S. The molecule has 1 heterocycles. The Balaban J connectivity index is 2.14. The highest BCUT2D eigenvalue weighted by Crippen LogP contribution is 2.24. The van der Waals surface area contributed by atoms with Gasteiger partial charge in [0, 0.05) is 23.8 Å². The predicted molar refractivity (Wildman–Crippen MR) is 86.8 cm³/mol. The minimum atomic E-state index is -1.49. The van der Waals surface area contributed by atoms with E-state index in [0.29, 0.717) is 15.6 Å². The van der Waals surface area contributed by atoms with Crippen LogP contribution >= 0.6 is 11.6 Å². The number of nitrogens with two attached hydrogens (primary N) is 1. The van der Waals surface area contributed by atoms with Gasteiger partial charge >= 0.3 is 0 Å². The number of hydrogen-bond acceptors (Lipinski definition) is 3. The molecule has 21 heavy (non-hydrogen) atoms. The lowest BCUT2D eigenvalue weighted by molar-refractivity contribution is -0.130. The highest BCUT2D eigenvalue weighted by molar-refractivity contribution is 7.86. The molecule has 1 aromatic rings. The molecule has 2 N–H and O–H groups in total. The predicted octanol–water partition coefficient (Wildman–Crippen LogP) is 2.82. The quantitative estimate of drug-likeness (QED) is 0.868. The van der Waals surface area contributed by atoms with Crippen molar-refractivity contribution in [3.8, 4) is 0 Å². The second-order valence-electron chi connectivity index (χ2n) is 5.36. The number of nitrogen functional groups attached to an aromatic ring is 1. The smallest absolute Gasteiger partial charge is 0.238 e. The molecule has 0 bridgehead atoms. The van der Waals surface area contributed by atoms with Gasteiger partial charge in [0.15, 0.2) is 0 Å². The van der Waals surface area contributed by atoms with Crippen molar-refractivity contribution >= 4 is 34.0 Å². The first-order chi connectivity index (χ1) is 10.0. The van der Waals surface area contributed by atoms with E-state index in [1.807, 2.05) is 4.90 Å². The van der Waals surface area contributed by atoms with Crippen LogP contribution in [-0.2, 0) is 15.6 Å². The van der Waals surface area contributed by atoms with Crippen molar-refractivity contribution in [2.45, 2.75) is 42.8 Å². The number of anilines is 1. The summed E-state index contributed by atoms with van der Waals surface area (Å²) in [5.41, 5.74) is 6.27. The Kier molecular flexibility index (Phi) is 5.65. The van der Waals surface area contributed by atoms with E-state index in [-0.39, 0.29) is 5.91 Å². The van der Waals surface area contributed by atoms with E-state index in [1.54, 1.807) is 25.1 Å². The normalized spacial score (nSPS) is 18.9. The number of carbonyl (C=O) groups excluding carboxylic acids is 1. The van der Waals surface area contributed by atoms with Crippen LogP contribution < -0.4 is 5.73 Å². The summed E-state index contributed by atoms with van der Waals surface area (Å²) in [5.74, 6) is -0.0605. The highest BCUT2D eigenvalue weighted by Gasteiger charge is 2.27. The number of nitrogens with zero attached hydrogens (tertiary/aromatic N) is 1. The molecule has 2 unspecified atom stereocenters. The SMILES string of the molecule is CC(C(=O)N1CCCCCC1)S(=O)c1cc(Cl)ccc1N. The third kappa shape index (κ3) is 3.98. The van der Waals surface area contributed by atoms with Crippen molar-refractivity contribution < 1.29 is 9.00 Å². The van der Waals surface area contributed by atoms with E-state index >= 15 is 0 Å². The maximum atomic E-state index is 12.6. The number of rotatable bonds is 3. The van der Waals surface area contributed by atoms with Crippen LogP contribution in [0.1, 0.15) is 32.6 Å². The van der Waals surface area contributed by atoms with E-state index in [9.17, 15) is 9.00 Å². The fourth-order valence-electron chi connectivity index (χ4n) is 2.51. The molecule has 1 amide bonds. The van der Waals surface area contributed by atoms with Crippen LogP contribution in [0.3, 0.4) is 0 Å². The fourth-order valence-corrected chi connectivity index (χ4v) is 4.01. The number of hydrogen-bond donors (Lipinski definition) is 1. The lowest BCUT2D eigenvalue weighted by Crippen LogP contribution is -2.40. The standard InChI is InChI=1S/C15H21ClN2O2S/c1-11(15(19)18-8-4-2-3-5-9-18)21(20)14-10-12(16)6-7-13(14)17/h6-7,10-11H,2-5,8-9,17H2,1H3. The summed E-state index contributed by atoms with van der Waals surface area (Å²) in [6, 6.07) is 4.86. The second kappa shape index (κ2) is 7.27. The summed E-state index contributed by atoms with van der Waals surface area (Å²) >= 11 is 5.93. The second-order valence-corrected chi connectivity index (χ2v) is 7.54. The molecule has 0 radical (unpaired) electrons. The lowest BCUT2D eigenvalue weighted by Gasteiger charge is -2.24. The third-order valence-electron chi connectivity index (χ3n) is 3.78. The highest BCUT2D eigenvalue weighted by atomic mass is 35.5. The molecule has 116 valence electrons. The van der Waals surface area contributed by atoms with Crippen LogP contribution in [0.25, 0.3) is 0 Å². The summed E-state index contributed by atoms with van der Waals surface area (Å²) < 4.78 is 12.6. The fraction of sp³-hybridized carbons (Fsp3) is 0.533. The summed E-state index contributed by atoms with van der Waals surface area (Å²) in [6.07, 6.45) is 4.35. The number of halogens is 1. The largest absolute Gasteiger partial charge is 0.398 e. The minimum absolute atomic E-state index is 0.0605. The van der Waals surface area contributed by atoms with Crippen molar-refractivity contribution in [1.82, 2.24) is 4.90 Å². The molecule has 1 aliphatic rings. The van der Waals surface area contributed by atoms with Gasteiger partial charge in [-0.15, -0.1) is 0 Å². The molecule has 4 nitrogen and oxygen atoms in total. The average molecular weight is 329 g/mol. The first-order valence-corrected chi connectivity index (χ1v) is 8.84. The van der Waals surface area contributed by atoms with Crippen molar-refractivity contribution in [1.29, 1.82) is 0 Å². The molecule has 2 atom stereocenters. The molecule has 6 heteroatoms. The van der Waals surface area contributed by atoms with Crippen molar-refractivity contribution in [2.24, 2.45) is 0 Å². The molecule has 0 aromatic heterocycles. The van der Waals surface area contributed by atoms with Crippen LogP contribution in [0.2, 0.25) is 5.02 Å². The number of benzene rings is 1. The molecule has 1 fully saturated rings. The van der Waals surface area contributed by atoms with Gasteiger partial charge < -0.3 is 10.6 Å². The minimum Gasteiger partial charge on any atom is -0.398 e. The summed E-state index contributed by atoms with van der Waals surface area (Å²) in [4.78, 5) is 14.8. The summed E-state index contributed by atoms with van der Waals surface area (Å²) in [6.45, 7) is 3.21. The molecule has 0 spiro atoms. The van der Waals surface area contributed by atoms with Crippen LogP contribution in [0.5, 0.6) is 0 Å². The third-order valence-corrected chi connectivity index (χ3v) is 5.64. The zero-order valence-electron chi connectivity index (χ0n) is 12.2. The molecule has 0 saturated carbocycles. The van der Waals surface area contributed by atoms with Gasteiger partial charge in [-0.1, -0.05) is 24.4 Å². The van der Waals surface area contributed by atoms with Gasteiger partial charge in [-0.2, -0.15) is 0 Å². The van der Waals surface area contributed by atoms with E-state index in [1.165, 1.54) is 0 Å². The first-order valence-electron chi connectivity index (χ1n) is 7.25. The van der Waals surface area contributed by atoms with Crippen molar-refractivity contribution in [2.75, 3.05) is 18.8 Å². The van der Waals surface area contributed by atoms with E-state index in [0.717, 1.165) is 38.8 Å². The van der Waals surface area contributed by atoms with Crippen LogP contribution in [0, 0.1) is 0 Å². The van der Waals surface area contributed by atoms with E-state index in [4.69, 9.17) is 17.3 Å². The zero-order chi connectivity index (χ0) is 15.4. The summed E-state index contributed by atoms with van der Waals surface area (Å²) in [5, 5.41) is -0.133. The molecule has 1 aliphatic heterocycles. The Morgan fingerprint density at radius 1 is 1.29 bits per heavy atom. The van der Waals surface area contributed by atoms with Gasteiger partial charge in [-0.3, -0.25) is 9.00 Å². The van der Waals surface area contributed by atoms with Gasteiger partial charge in [0.1, 0.15) is 5.25 Å². The Morgan fingerprint density at radius 2 is 1.90 bits per heavy atom. The molecule has 1 aromatic carbocycles. The molecular weight excluding hydrogens is 308 g/mol. The Hall–Kier alpha value is -1.07. The molecule has 1 saturated heterocycles. The van der Waals surface area contributed by atoms with Crippen molar-refractivity contribution in [3.63, 3.8) is 0 Å². The Morgan fingerprint density at radius 3 is 2.52 bits per heavy atom. The van der Waals surface area contributed by atoms with Crippen LogP contribution in [0.15, 0.2) is 23.1 Å². The van der Waals surface area contributed by atoms with Gasteiger partial charge in [0.2, 0.25) is 5.91 Å². The zero-order valence-corrected chi connectivity index (χ0v) is 13.8. The average Bonchev–Trinajstić information content (AvgIpc) is 2.76. The lowest BCUT2D eigenvalue weighted by atomic mass is 10.2. The Bertz CT molecular complexity index is 542. The monoisotopic (exact) mass is 328 g/mol. The van der Waals surface area contributed by atoms with Gasteiger partial charge in [-0.25, -0.2) is 0 Å². The molecule has 2 rings (SSSR count). The van der Waals surface area contributed by atoms with Gasteiger partial charge in [0.05, 0.1) is 15.7 Å². The van der Waals surface area contributed by atoms with E-state index < -0.39 is 16.0 Å². The topological polar surface area (TPSA) is 63.4 Å². The number of amides is 1. The maximum Gasteiger partial charge on any atom is 0.238 e. The van der Waals surface area contributed by atoms with Gasteiger partial charge in [-0.05, 0) is 38.0 Å². The van der Waals surface area contributed by atoms with Crippen molar-refractivity contribution in [3.05, 3.63) is 23.2 Å². The first kappa shape index (κ1) is 16.3. The van der Waals surface area contributed by atoms with E-state index in [2.05, 4.69) is 0 Å². The van der Waals surface area contributed by atoms with Crippen LogP contribution in [-0.4, -0.2) is 33.4 Å². The van der Waals surface area contributed by atoms with Gasteiger partial charge in [0.25, 0.3) is 0 Å².